The Bertz CT molecular complexity index is 1250. The fourth-order valence-electron chi connectivity index (χ4n) is 3.07. The minimum absolute atomic E-state index is 0.349. The second-order valence-electron chi connectivity index (χ2n) is 6.57. The van der Waals surface area contributed by atoms with Crippen LogP contribution in [-0.2, 0) is 0 Å². The van der Waals surface area contributed by atoms with E-state index in [0.717, 1.165) is 6.07 Å². The summed E-state index contributed by atoms with van der Waals surface area (Å²) in [5.74, 6) is 0. The largest absolute Gasteiger partial charge is 0.297 e. The molecule has 0 N–H and O–H groups in total. The Morgan fingerprint density at radius 3 is 1.33 bits per heavy atom. The first-order valence-corrected chi connectivity index (χ1v) is 10.8. The minimum Gasteiger partial charge on any atom is -0.258 e. The first-order valence-electron chi connectivity index (χ1n) is 9.20. The lowest BCUT2D eigenvalue weighted by molar-refractivity contribution is -0.403. The predicted octanol–water partition coefficient (Wildman–Crippen LogP) is 7.28. The molecule has 0 amide bonds. The Balaban J connectivity index is 2.31. The number of rotatable bonds is 7. The molecule has 9 nitrogen and oxygen atoms in total. The topological polar surface area (TPSA) is 129 Å². The molecule has 0 aliphatic heterocycles. The monoisotopic (exact) mass is 573 g/mol. The van der Waals surface area contributed by atoms with Gasteiger partial charge in [0.1, 0.15) is 11.1 Å². The third-order valence-electron chi connectivity index (χ3n) is 4.58. The number of hydrogen-bond donors (Lipinski definition) is 0. The van der Waals surface area contributed by atoms with Crippen molar-refractivity contribution in [2.24, 2.45) is 0 Å². The Hall–Kier alpha value is -3.70. The number of nitro groups is 3. The Labute approximate surface area is 203 Å². The summed E-state index contributed by atoms with van der Waals surface area (Å²) in [5.41, 5.74) is -1.68. The van der Waals surface area contributed by atoms with E-state index < -0.39 is 31.8 Å². The van der Waals surface area contributed by atoms with Crippen LogP contribution >= 0.6 is 31.9 Å². The fourth-order valence-corrected chi connectivity index (χ4v) is 3.90. The molecule has 0 spiro atoms. The van der Waals surface area contributed by atoms with Gasteiger partial charge in [0, 0.05) is 8.95 Å². The molecule has 3 aromatic rings. The number of halogens is 2. The highest BCUT2D eigenvalue weighted by molar-refractivity contribution is 9.10. The average molecular weight is 575 g/mol. The maximum Gasteiger partial charge on any atom is 0.297 e. The van der Waals surface area contributed by atoms with E-state index in [1.807, 2.05) is 0 Å². The van der Waals surface area contributed by atoms with Crippen LogP contribution in [0.2, 0.25) is 0 Å². The van der Waals surface area contributed by atoms with E-state index in [2.05, 4.69) is 31.9 Å². The van der Waals surface area contributed by atoms with Crippen LogP contribution in [0, 0.1) is 30.3 Å². The first-order chi connectivity index (χ1) is 15.7. The van der Waals surface area contributed by atoms with Crippen molar-refractivity contribution < 1.29 is 14.8 Å². The number of benzene rings is 3. The molecular formula is C22H13Br2N3O6. The van der Waals surface area contributed by atoms with Gasteiger partial charge in [-0.15, -0.1) is 0 Å². The third-order valence-corrected chi connectivity index (χ3v) is 6.03. The zero-order valence-electron chi connectivity index (χ0n) is 16.6. The fraction of sp³-hybridized carbons (Fsp3) is 0. The van der Waals surface area contributed by atoms with Crippen molar-refractivity contribution in [2.45, 2.75) is 0 Å². The highest BCUT2D eigenvalue weighted by Gasteiger charge is 2.34. The molecule has 0 aliphatic carbocycles. The molecule has 0 bridgehead atoms. The van der Waals surface area contributed by atoms with Crippen molar-refractivity contribution in [1.82, 2.24) is 0 Å². The van der Waals surface area contributed by atoms with Crippen molar-refractivity contribution in [1.29, 1.82) is 0 Å². The first kappa shape index (κ1) is 24.0. The van der Waals surface area contributed by atoms with Gasteiger partial charge in [-0.05, 0) is 35.4 Å². The maximum atomic E-state index is 12.0. The molecule has 0 heterocycles. The van der Waals surface area contributed by atoms with Crippen LogP contribution in [-0.4, -0.2) is 14.8 Å². The van der Waals surface area contributed by atoms with Crippen molar-refractivity contribution in [3.63, 3.8) is 0 Å². The van der Waals surface area contributed by atoms with Gasteiger partial charge in [-0.2, -0.15) is 0 Å². The molecule has 0 aliphatic rings. The zero-order valence-corrected chi connectivity index (χ0v) is 19.7. The third kappa shape index (κ3) is 5.38. The van der Waals surface area contributed by atoms with Crippen molar-refractivity contribution in [2.75, 3.05) is 0 Å². The van der Waals surface area contributed by atoms with Gasteiger partial charge in [0.05, 0.1) is 20.8 Å². The van der Waals surface area contributed by atoms with Crippen LogP contribution in [0.25, 0.3) is 24.3 Å². The summed E-state index contributed by atoms with van der Waals surface area (Å²) < 4.78 is 1.34. The molecule has 0 saturated heterocycles. The molecule has 0 unspecified atom stereocenters. The van der Waals surface area contributed by atoms with Gasteiger partial charge in [-0.1, -0.05) is 80.4 Å². The van der Waals surface area contributed by atoms with Crippen LogP contribution in [0.4, 0.5) is 17.1 Å². The Morgan fingerprint density at radius 2 is 1.00 bits per heavy atom. The van der Waals surface area contributed by atoms with E-state index >= 15 is 0 Å². The summed E-state index contributed by atoms with van der Waals surface area (Å²) in [5, 5.41) is 35.4. The number of nitrogens with zero attached hydrogens (tertiary/aromatic N) is 3. The van der Waals surface area contributed by atoms with Gasteiger partial charge in [0.25, 0.3) is 17.1 Å². The van der Waals surface area contributed by atoms with Crippen molar-refractivity contribution in [3.8, 4) is 0 Å². The molecule has 0 radical (unpaired) electrons. The SMILES string of the molecule is O=[N+]([O-])c1cc([N+](=O)[O-])c(C=Cc2ccccc2Br)c([N+](=O)[O-])c1C=Cc1ccccc1Br. The van der Waals surface area contributed by atoms with E-state index in [-0.39, 0.29) is 11.1 Å². The summed E-state index contributed by atoms with van der Waals surface area (Å²) in [6, 6.07) is 14.6. The minimum atomic E-state index is -0.874. The van der Waals surface area contributed by atoms with E-state index in [0.29, 0.717) is 20.1 Å². The molecule has 166 valence electrons. The zero-order chi connectivity index (χ0) is 24.1. The summed E-state index contributed by atoms with van der Waals surface area (Å²) >= 11 is 6.69. The lowest BCUT2D eigenvalue weighted by Gasteiger charge is -2.06. The normalized spacial score (nSPS) is 11.2. The van der Waals surface area contributed by atoms with E-state index in [1.54, 1.807) is 48.5 Å². The van der Waals surface area contributed by atoms with Crippen LogP contribution < -0.4 is 0 Å². The van der Waals surface area contributed by atoms with Crippen LogP contribution in [0.1, 0.15) is 22.3 Å². The number of nitro benzene ring substituents is 3. The Kier molecular flexibility index (Phi) is 7.46. The quantitative estimate of drug-likeness (QED) is 0.165. The molecule has 0 atom stereocenters. The Morgan fingerprint density at radius 1 is 0.606 bits per heavy atom. The molecule has 0 fully saturated rings. The molecule has 0 saturated carbocycles. The van der Waals surface area contributed by atoms with Gasteiger partial charge in [-0.25, -0.2) is 0 Å². The smallest absolute Gasteiger partial charge is 0.258 e. The van der Waals surface area contributed by atoms with Gasteiger partial charge in [0.2, 0.25) is 0 Å². The summed E-state index contributed by atoms with van der Waals surface area (Å²) in [6.45, 7) is 0. The van der Waals surface area contributed by atoms with Crippen LogP contribution in [0.3, 0.4) is 0 Å². The second kappa shape index (κ2) is 10.3. The van der Waals surface area contributed by atoms with E-state index in [1.165, 1.54) is 24.3 Å². The molecular weight excluding hydrogens is 562 g/mol. The summed E-state index contributed by atoms with van der Waals surface area (Å²) in [7, 11) is 0. The maximum absolute atomic E-state index is 12.0. The predicted molar refractivity (Wildman–Crippen MR) is 133 cm³/mol. The van der Waals surface area contributed by atoms with Gasteiger partial charge in [0.15, 0.2) is 0 Å². The number of hydrogen-bond acceptors (Lipinski definition) is 6. The molecule has 33 heavy (non-hydrogen) atoms. The van der Waals surface area contributed by atoms with E-state index in [4.69, 9.17) is 0 Å². The van der Waals surface area contributed by atoms with Gasteiger partial charge < -0.3 is 0 Å². The molecule has 11 heteroatoms. The van der Waals surface area contributed by atoms with Crippen molar-refractivity contribution in [3.05, 3.63) is 116 Å². The molecule has 3 aromatic carbocycles. The van der Waals surface area contributed by atoms with Crippen LogP contribution in [0.15, 0.2) is 63.5 Å². The van der Waals surface area contributed by atoms with Gasteiger partial charge in [-0.3, -0.25) is 30.3 Å². The summed E-state index contributed by atoms with van der Waals surface area (Å²) in [6.07, 6.45) is 5.37. The van der Waals surface area contributed by atoms with Crippen molar-refractivity contribution >= 4 is 73.2 Å². The van der Waals surface area contributed by atoms with Crippen LogP contribution in [0.5, 0.6) is 0 Å². The highest BCUT2D eigenvalue weighted by atomic mass is 79.9. The molecule has 3 rings (SSSR count). The summed E-state index contributed by atoms with van der Waals surface area (Å²) in [4.78, 5) is 32.8. The van der Waals surface area contributed by atoms with E-state index in [9.17, 15) is 30.3 Å². The molecule has 0 aromatic heterocycles. The second-order valence-corrected chi connectivity index (χ2v) is 8.28. The average Bonchev–Trinajstić information content (AvgIpc) is 2.76. The highest BCUT2D eigenvalue weighted by Crippen LogP contribution is 2.41. The lowest BCUT2D eigenvalue weighted by atomic mass is 10.00. The van der Waals surface area contributed by atoms with Gasteiger partial charge >= 0.3 is 0 Å². The standard InChI is InChI=1S/C22H13Br2N3O6/c23-18-7-3-1-5-14(18)9-11-16-20(25(28)29)13-21(26(30)31)17(22(16)27(32)33)12-10-15-6-2-4-8-19(15)24/h1-13H. The lowest BCUT2D eigenvalue weighted by Crippen LogP contribution is -2.04.